The lowest BCUT2D eigenvalue weighted by atomic mass is 9.98. The van der Waals surface area contributed by atoms with Gasteiger partial charge in [-0.1, -0.05) is 0 Å². The van der Waals surface area contributed by atoms with Crippen LogP contribution in [0.2, 0.25) is 0 Å². The fraction of sp³-hybridized carbons (Fsp3) is 0.846. The lowest BCUT2D eigenvalue weighted by molar-refractivity contribution is -0.138. The number of ether oxygens (including phenoxy) is 1. The van der Waals surface area contributed by atoms with E-state index < -0.39 is 11.5 Å². The first-order valence-electron chi connectivity index (χ1n) is 6.74. The molecule has 1 amide bonds. The molecular weight excluding hydrogens is 248 g/mol. The molecule has 0 bridgehead atoms. The summed E-state index contributed by atoms with van der Waals surface area (Å²) in [5, 5.41) is 14.7. The number of carboxylic acid groups (broad SMARTS) is 1. The number of piperidine rings is 1. The van der Waals surface area contributed by atoms with Gasteiger partial charge in [0.15, 0.2) is 0 Å². The third kappa shape index (κ3) is 7.12. The van der Waals surface area contributed by atoms with E-state index in [-0.39, 0.29) is 25.0 Å². The Bertz CT molecular complexity index is 312. The molecule has 1 aliphatic heterocycles. The third-order valence-electron chi connectivity index (χ3n) is 3.18. The van der Waals surface area contributed by atoms with Crippen LogP contribution in [0.15, 0.2) is 0 Å². The smallest absolute Gasteiger partial charge is 0.303 e. The van der Waals surface area contributed by atoms with Gasteiger partial charge in [0.25, 0.3) is 0 Å². The van der Waals surface area contributed by atoms with Gasteiger partial charge < -0.3 is 20.5 Å². The monoisotopic (exact) mass is 272 g/mol. The number of hydrogen-bond acceptors (Lipinski definition) is 4. The molecule has 0 radical (unpaired) electrons. The lowest BCUT2D eigenvalue weighted by Gasteiger charge is -2.27. The Balaban J connectivity index is 2.23. The second-order valence-electron chi connectivity index (χ2n) is 5.59. The van der Waals surface area contributed by atoms with E-state index in [9.17, 15) is 9.59 Å². The van der Waals surface area contributed by atoms with Crippen molar-refractivity contribution in [1.82, 2.24) is 10.6 Å². The molecule has 0 aromatic heterocycles. The molecule has 1 rings (SSSR count). The molecule has 1 aliphatic rings. The van der Waals surface area contributed by atoms with E-state index in [0.717, 1.165) is 25.9 Å². The normalized spacial score (nSPS) is 17.2. The predicted octanol–water partition coefficient (Wildman–Crippen LogP) is 0.515. The molecule has 0 spiro atoms. The number of rotatable bonds is 7. The minimum atomic E-state index is -0.853. The highest BCUT2D eigenvalue weighted by Gasteiger charge is 2.22. The second kappa shape index (κ2) is 7.45. The first-order valence-corrected chi connectivity index (χ1v) is 6.74. The van der Waals surface area contributed by atoms with Crippen molar-refractivity contribution in [2.75, 3.05) is 19.7 Å². The number of nitrogens with one attached hydrogen (secondary N) is 2. The van der Waals surface area contributed by atoms with Crippen molar-refractivity contribution in [1.29, 1.82) is 0 Å². The minimum absolute atomic E-state index is 0.0428. The van der Waals surface area contributed by atoms with Gasteiger partial charge in [-0.15, -0.1) is 0 Å². The summed E-state index contributed by atoms with van der Waals surface area (Å²) in [5.74, 6) is -1.04. The van der Waals surface area contributed by atoms with E-state index in [1.807, 2.05) is 13.8 Å². The highest BCUT2D eigenvalue weighted by molar-refractivity contribution is 5.78. The number of carbonyl (C=O) groups is 2. The number of carboxylic acids is 1. The molecule has 6 nitrogen and oxygen atoms in total. The quantitative estimate of drug-likeness (QED) is 0.628. The molecule has 0 aromatic rings. The zero-order valence-electron chi connectivity index (χ0n) is 11.7. The van der Waals surface area contributed by atoms with Crippen molar-refractivity contribution in [3.05, 3.63) is 0 Å². The summed E-state index contributed by atoms with van der Waals surface area (Å²) in [6.07, 6.45) is 2.45. The number of aliphatic carboxylic acids is 1. The largest absolute Gasteiger partial charge is 0.481 e. The van der Waals surface area contributed by atoms with Crippen LogP contribution in [0.25, 0.3) is 0 Å². The van der Waals surface area contributed by atoms with Crippen LogP contribution >= 0.6 is 0 Å². The van der Waals surface area contributed by atoms with E-state index in [1.54, 1.807) is 0 Å². The van der Waals surface area contributed by atoms with Crippen LogP contribution in [0, 0.1) is 0 Å². The zero-order chi connectivity index (χ0) is 14.3. The van der Waals surface area contributed by atoms with Crippen LogP contribution in [-0.4, -0.2) is 48.3 Å². The van der Waals surface area contributed by atoms with Gasteiger partial charge in [-0.3, -0.25) is 9.59 Å². The van der Waals surface area contributed by atoms with Crippen LogP contribution in [-0.2, 0) is 14.3 Å². The van der Waals surface area contributed by atoms with Crippen molar-refractivity contribution in [3.8, 4) is 0 Å². The molecule has 0 atom stereocenters. The zero-order valence-corrected chi connectivity index (χ0v) is 11.7. The van der Waals surface area contributed by atoms with Gasteiger partial charge in [0.2, 0.25) is 5.91 Å². The maximum Gasteiger partial charge on any atom is 0.303 e. The maximum absolute atomic E-state index is 11.7. The molecule has 1 heterocycles. The fourth-order valence-electron chi connectivity index (χ4n) is 2.05. The summed E-state index contributed by atoms with van der Waals surface area (Å²) in [5.41, 5.74) is -0.521. The van der Waals surface area contributed by atoms with Gasteiger partial charge in [-0.2, -0.15) is 0 Å². The lowest BCUT2D eigenvalue weighted by Crippen LogP contribution is -2.46. The van der Waals surface area contributed by atoms with Gasteiger partial charge in [0, 0.05) is 12.0 Å². The molecule has 19 heavy (non-hydrogen) atoms. The second-order valence-corrected chi connectivity index (χ2v) is 5.59. The number of amides is 1. The Labute approximate surface area is 113 Å². The van der Waals surface area contributed by atoms with Gasteiger partial charge >= 0.3 is 5.97 Å². The SMILES string of the molecule is CC(C)(CCC(=O)O)NC(=O)COC1CCNCC1. The van der Waals surface area contributed by atoms with Gasteiger partial charge in [-0.05, 0) is 46.2 Å². The van der Waals surface area contributed by atoms with E-state index >= 15 is 0 Å². The summed E-state index contributed by atoms with van der Waals surface area (Å²) < 4.78 is 5.55. The van der Waals surface area contributed by atoms with Crippen molar-refractivity contribution in [2.45, 2.75) is 51.2 Å². The number of carbonyl (C=O) groups excluding carboxylic acids is 1. The van der Waals surface area contributed by atoms with E-state index in [1.165, 1.54) is 0 Å². The average molecular weight is 272 g/mol. The van der Waals surface area contributed by atoms with Crippen molar-refractivity contribution in [3.63, 3.8) is 0 Å². The van der Waals surface area contributed by atoms with Crippen LogP contribution in [0.1, 0.15) is 39.5 Å². The van der Waals surface area contributed by atoms with Crippen molar-refractivity contribution < 1.29 is 19.4 Å². The topological polar surface area (TPSA) is 87.7 Å². The van der Waals surface area contributed by atoms with Gasteiger partial charge in [0.05, 0.1) is 6.10 Å². The summed E-state index contributed by atoms with van der Waals surface area (Å²) in [4.78, 5) is 22.3. The highest BCUT2D eigenvalue weighted by atomic mass is 16.5. The van der Waals surface area contributed by atoms with E-state index in [0.29, 0.717) is 6.42 Å². The van der Waals surface area contributed by atoms with Gasteiger partial charge in [0.1, 0.15) is 6.61 Å². The molecule has 0 aromatic carbocycles. The summed E-state index contributed by atoms with van der Waals surface area (Å²) in [6, 6.07) is 0. The molecule has 6 heteroatoms. The molecule has 3 N–H and O–H groups in total. The molecule has 0 unspecified atom stereocenters. The standard InChI is InChI=1S/C13H24N2O4/c1-13(2,6-3-12(17)18)15-11(16)9-19-10-4-7-14-8-5-10/h10,14H,3-9H2,1-2H3,(H,15,16)(H,17,18). The Hall–Kier alpha value is -1.14. The molecule has 0 saturated carbocycles. The van der Waals surface area contributed by atoms with Crippen molar-refractivity contribution >= 4 is 11.9 Å². The Morgan fingerprint density at radius 1 is 1.37 bits per heavy atom. The van der Waals surface area contributed by atoms with Crippen molar-refractivity contribution in [2.24, 2.45) is 0 Å². The fourth-order valence-corrected chi connectivity index (χ4v) is 2.05. The Kier molecular flexibility index (Phi) is 6.24. The molecular formula is C13H24N2O4. The minimum Gasteiger partial charge on any atom is -0.481 e. The van der Waals surface area contributed by atoms with Crippen LogP contribution in [0.4, 0.5) is 0 Å². The summed E-state index contributed by atoms with van der Waals surface area (Å²) >= 11 is 0. The first kappa shape index (κ1) is 15.9. The summed E-state index contributed by atoms with van der Waals surface area (Å²) in [6.45, 7) is 5.53. The van der Waals surface area contributed by atoms with Crippen LogP contribution in [0.3, 0.4) is 0 Å². The van der Waals surface area contributed by atoms with Crippen LogP contribution < -0.4 is 10.6 Å². The maximum atomic E-state index is 11.7. The number of hydrogen-bond donors (Lipinski definition) is 3. The molecule has 1 fully saturated rings. The molecule has 0 aliphatic carbocycles. The van der Waals surface area contributed by atoms with Gasteiger partial charge in [-0.25, -0.2) is 0 Å². The molecule has 1 saturated heterocycles. The van der Waals surface area contributed by atoms with E-state index in [4.69, 9.17) is 9.84 Å². The summed E-state index contributed by atoms with van der Waals surface area (Å²) in [7, 11) is 0. The Morgan fingerprint density at radius 3 is 2.58 bits per heavy atom. The third-order valence-corrected chi connectivity index (χ3v) is 3.18. The average Bonchev–Trinajstić information content (AvgIpc) is 2.35. The predicted molar refractivity (Wildman–Crippen MR) is 70.9 cm³/mol. The van der Waals surface area contributed by atoms with Crippen LogP contribution in [0.5, 0.6) is 0 Å². The first-order chi connectivity index (χ1) is 8.89. The Morgan fingerprint density at radius 2 is 2.00 bits per heavy atom. The highest BCUT2D eigenvalue weighted by Crippen LogP contribution is 2.11. The molecule has 110 valence electrons. The van der Waals surface area contributed by atoms with E-state index in [2.05, 4.69) is 10.6 Å².